The van der Waals surface area contributed by atoms with Crippen LogP contribution >= 0.6 is 0 Å². The fourth-order valence-corrected chi connectivity index (χ4v) is 3.72. The van der Waals surface area contributed by atoms with Gasteiger partial charge < -0.3 is 15.2 Å². The summed E-state index contributed by atoms with van der Waals surface area (Å²) in [6.45, 7) is 8.93. The van der Waals surface area contributed by atoms with E-state index in [1.165, 1.54) is 16.3 Å². The van der Waals surface area contributed by atoms with Gasteiger partial charge in [-0.15, -0.1) is 6.58 Å². The summed E-state index contributed by atoms with van der Waals surface area (Å²) < 4.78 is 6.00. The summed E-state index contributed by atoms with van der Waals surface area (Å²) in [5.74, 6) is 0. The average Bonchev–Trinajstić information content (AvgIpc) is 2.75. The Bertz CT molecular complexity index is 936. The number of rotatable bonds is 11. The Morgan fingerprint density at radius 3 is 2.43 bits per heavy atom. The Morgan fingerprint density at radius 2 is 1.70 bits per heavy atom. The number of fused-ring (bicyclic) bond motifs is 1. The van der Waals surface area contributed by atoms with Crippen molar-refractivity contribution in [3.8, 4) is 0 Å². The molecule has 3 nitrogen and oxygen atoms in total. The molecule has 0 saturated carbocycles. The third kappa shape index (κ3) is 6.53. The zero-order valence-corrected chi connectivity index (χ0v) is 18.1. The zero-order chi connectivity index (χ0) is 21.4. The number of β-amino-alcohol motifs (C(OH)–C–C–N with tert-alkyl or cyclic N) is 1. The lowest BCUT2D eigenvalue weighted by molar-refractivity contribution is -0.0105. The van der Waals surface area contributed by atoms with Crippen LogP contribution in [0.15, 0.2) is 85.5 Å². The van der Waals surface area contributed by atoms with Gasteiger partial charge >= 0.3 is 0 Å². The summed E-state index contributed by atoms with van der Waals surface area (Å²) in [6.07, 6.45) is 2.81. The van der Waals surface area contributed by atoms with Gasteiger partial charge in [0.2, 0.25) is 0 Å². The highest BCUT2D eigenvalue weighted by Gasteiger charge is 2.20. The van der Waals surface area contributed by atoms with Crippen LogP contribution in [0, 0.1) is 0 Å². The van der Waals surface area contributed by atoms with Crippen molar-refractivity contribution in [2.24, 2.45) is 0 Å². The molecule has 0 amide bonds. The minimum Gasteiger partial charge on any atom is -0.389 e. The van der Waals surface area contributed by atoms with E-state index < -0.39 is 6.10 Å². The van der Waals surface area contributed by atoms with E-state index in [0.29, 0.717) is 6.54 Å². The van der Waals surface area contributed by atoms with Crippen LogP contribution < -0.4 is 5.32 Å². The van der Waals surface area contributed by atoms with E-state index in [4.69, 9.17) is 4.74 Å². The van der Waals surface area contributed by atoms with Gasteiger partial charge in [-0.1, -0.05) is 78.9 Å². The SMILES string of the molecule is C=CCC(OCC(O)CNC(C)(C)Cc1ccc2ccccc2c1)c1ccccc1. The van der Waals surface area contributed by atoms with Crippen molar-refractivity contribution in [1.29, 1.82) is 0 Å². The van der Waals surface area contributed by atoms with Gasteiger partial charge in [-0.05, 0) is 48.6 Å². The van der Waals surface area contributed by atoms with Crippen LogP contribution in [-0.4, -0.2) is 29.9 Å². The minimum absolute atomic E-state index is 0.0797. The van der Waals surface area contributed by atoms with Crippen molar-refractivity contribution in [2.45, 2.75) is 44.4 Å². The highest BCUT2D eigenvalue weighted by atomic mass is 16.5. The number of nitrogens with one attached hydrogen (secondary N) is 1. The highest BCUT2D eigenvalue weighted by Crippen LogP contribution is 2.22. The van der Waals surface area contributed by atoms with E-state index in [2.05, 4.69) is 68.2 Å². The number of aliphatic hydroxyl groups excluding tert-OH is 1. The Morgan fingerprint density at radius 1 is 1.00 bits per heavy atom. The predicted octanol–water partition coefficient (Wildman–Crippen LogP) is 5.45. The smallest absolute Gasteiger partial charge is 0.0898 e. The summed E-state index contributed by atoms with van der Waals surface area (Å²) >= 11 is 0. The first-order valence-electron chi connectivity index (χ1n) is 10.6. The first-order chi connectivity index (χ1) is 14.5. The molecule has 2 atom stereocenters. The molecular formula is C27H33NO2. The molecule has 0 aliphatic rings. The van der Waals surface area contributed by atoms with Gasteiger partial charge in [-0.25, -0.2) is 0 Å². The fraction of sp³-hybridized carbons (Fsp3) is 0.333. The molecule has 0 spiro atoms. The van der Waals surface area contributed by atoms with Gasteiger partial charge in [0.05, 0.1) is 18.8 Å². The molecule has 2 N–H and O–H groups in total. The molecule has 2 unspecified atom stereocenters. The number of hydrogen-bond donors (Lipinski definition) is 2. The number of aliphatic hydroxyl groups is 1. The normalized spacial score (nSPS) is 13.8. The first-order valence-corrected chi connectivity index (χ1v) is 10.6. The Labute approximate surface area is 180 Å². The van der Waals surface area contributed by atoms with Gasteiger partial charge in [0, 0.05) is 12.1 Å². The third-order valence-corrected chi connectivity index (χ3v) is 5.32. The van der Waals surface area contributed by atoms with Crippen molar-refractivity contribution in [3.05, 3.63) is 96.6 Å². The second kappa shape index (κ2) is 10.5. The summed E-state index contributed by atoms with van der Waals surface area (Å²) in [4.78, 5) is 0. The van der Waals surface area contributed by atoms with Gasteiger partial charge in [-0.3, -0.25) is 0 Å². The van der Waals surface area contributed by atoms with Crippen molar-refractivity contribution in [2.75, 3.05) is 13.2 Å². The largest absolute Gasteiger partial charge is 0.389 e. The van der Waals surface area contributed by atoms with E-state index in [9.17, 15) is 5.11 Å². The molecule has 0 fully saturated rings. The maximum atomic E-state index is 10.5. The van der Waals surface area contributed by atoms with Gasteiger partial charge in [0.15, 0.2) is 0 Å². The van der Waals surface area contributed by atoms with Crippen molar-refractivity contribution in [1.82, 2.24) is 5.32 Å². The summed E-state index contributed by atoms with van der Waals surface area (Å²) in [5, 5.41) is 16.5. The highest BCUT2D eigenvalue weighted by molar-refractivity contribution is 5.83. The maximum Gasteiger partial charge on any atom is 0.0898 e. The lowest BCUT2D eigenvalue weighted by atomic mass is 9.93. The topological polar surface area (TPSA) is 41.5 Å². The monoisotopic (exact) mass is 403 g/mol. The van der Waals surface area contributed by atoms with Crippen LogP contribution in [0.1, 0.15) is 37.5 Å². The third-order valence-electron chi connectivity index (χ3n) is 5.32. The molecule has 0 bridgehead atoms. The summed E-state index contributed by atoms with van der Waals surface area (Å²) in [7, 11) is 0. The second-order valence-corrected chi connectivity index (χ2v) is 8.53. The van der Waals surface area contributed by atoms with Crippen LogP contribution in [0.3, 0.4) is 0 Å². The number of ether oxygens (including phenoxy) is 1. The molecule has 0 aromatic heterocycles. The fourth-order valence-electron chi connectivity index (χ4n) is 3.72. The predicted molar refractivity (Wildman–Crippen MR) is 126 cm³/mol. The van der Waals surface area contributed by atoms with E-state index in [1.807, 2.05) is 36.4 Å². The van der Waals surface area contributed by atoms with Crippen molar-refractivity contribution < 1.29 is 9.84 Å². The molecule has 158 valence electrons. The van der Waals surface area contributed by atoms with E-state index >= 15 is 0 Å². The molecule has 0 heterocycles. The van der Waals surface area contributed by atoms with E-state index in [1.54, 1.807) is 0 Å². The Hall–Kier alpha value is -2.46. The van der Waals surface area contributed by atoms with Crippen LogP contribution in [0.4, 0.5) is 0 Å². The lowest BCUT2D eigenvalue weighted by Gasteiger charge is -2.28. The number of benzene rings is 3. The Kier molecular flexibility index (Phi) is 7.81. The molecule has 0 aliphatic carbocycles. The molecular weight excluding hydrogens is 370 g/mol. The zero-order valence-electron chi connectivity index (χ0n) is 18.1. The molecule has 3 aromatic rings. The molecule has 0 aliphatic heterocycles. The van der Waals surface area contributed by atoms with E-state index in [0.717, 1.165) is 18.4 Å². The molecule has 30 heavy (non-hydrogen) atoms. The summed E-state index contributed by atoms with van der Waals surface area (Å²) in [6, 6.07) is 25.1. The molecule has 0 radical (unpaired) electrons. The maximum absolute atomic E-state index is 10.5. The Balaban J connectivity index is 1.50. The van der Waals surface area contributed by atoms with Gasteiger partial charge in [0.25, 0.3) is 0 Å². The lowest BCUT2D eigenvalue weighted by Crippen LogP contribution is -2.46. The molecule has 3 aromatic carbocycles. The first kappa shape index (κ1) is 22.2. The quantitative estimate of drug-likeness (QED) is 0.419. The second-order valence-electron chi connectivity index (χ2n) is 8.53. The van der Waals surface area contributed by atoms with Crippen LogP contribution in [0.5, 0.6) is 0 Å². The average molecular weight is 404 g/mol. The van der Waals surface area contributed by atoms with Gasteiger partial charge in [-0.2, -0.15) is 0 Å². The number of hydrogen-bond acceptors (Lipinski definition) is 3. The standard InChI is InChI=1S/C27H33NO2/c1-4-10-26(23-12-6-5-7-13-23)30-20-25(29)19-28-27(2,3)18-21-15-16-22-11-8-9-14-24(22)17-21/h4-9,11-17,25-26,28-29H,1,10,18-20H2,2-3H3. The summed E-state index contributed by atoms with van der Waals surface area (Å²) in [5.41, 5.74) is 2.25. The minimum atomic E-state index is -0.572. The van der Waals surface area contributed by atoms with Crippen molar-refractivity contribution in [3.63, 3.8) is 0 Å². The van der Waals surface area contributed by atoms with Crippen LogP contribution in [0.25, 0.3) is 10.8 Å². The van der Waals surface area contributed by atoms with Crippen LogP contribution in [-0.2, 0) is 11.2 Å². The molecule has 0 saturated heterocycles. The van der Waals surface area contributed by atoms with Gasteiger partial charge in [0.1, 0.15) is 0 Å². The molecule has 3 heteroatoms. The van der Waals surface area contributed by atoms with E-state index in [-0.39, 0.29) is 18.2 Å². The van der Waals surface area contributed by atoms with Crippen molar-refractivity contribution >= 4 is 10.8 Å². The van der Waals surface area contributed by atoms with Crippen LogP contribution in [0.2, 0.25) is 0 Å². The molecule has 3 rings (SSSR count).